The van der Waals surface area contributed by atoms with Gasteiger partial charge in [0.2, 0.25) is 0 Å². The van der Waals surface area contributed by atoms with Gasteiger partial charge in [0.05, 0.1) is 6.26 Å². The number of furan rings is 1. The maximum Gasteiger partial charge on any atom is 0.410 e. The largest absolute Gasteiger partial charge is 0.459 e. The standard InChI is InChI=1S/C17H24N2O4/c1-17(2,3)23-16(21)19-10-12-7-13(11-19)9-18(8-12)15(20)14-5-4-6-22-14/h4-6,12-13H,7-11H2,1-3H3/t12-,13+. The van der Waals surface area contributed by atoms with E-state index < -0.39 is 5.60 Å². The number of fused-ring (bicyclic) bond motifs is 2. The van der Waals surface area contributed by atoms with Crippen LogP contribution in [-0.2, 0) is 4.74 Å². The molecule has 3 heterocycles. The van der Waals surface area contributed by atoms with Crippen molar-refractivity contribution < 1.29 is 18.7 Å². The van der Waals surface area contributed by atoms with Gasteiger partial charge in [0, 0.05) is 26.2 Å². The number of nitrogens with zero attached hydrogens (tertiary/aromatic N) is 2. The Hall–Kier alpha value is -1.98. The number of likely N-dealkylation sites (tertiary alicyclic amines) is 2. The molecule has 0 unspecified atom stereocenters. The summed E-state index contributed by atoms with van der Waals surface area (Å²) in [6.45, 7) is 8.24. The van der Waals surface area contributed by atoms with Crippen LogP contribution in [0.15, 0.2) is 22.8 Å². The second kappa shape index (κ2) is 5.91. The number of carbonyl (C=O) groups excluding carboxylic acids is 2. The molecule has 0 N–H and O–H groups in total. The highest BCUT2D eigenvalue weighted by Crippen LogP contribution is 2.30. The van der Waals surface area contributed by atoms with E-state index in [9.17, 15) is 9.59 Å². The van der Waals surface area contributed by atoms with E-state index in [1.165, 1.54) is 6.26 Å². The van der Waals surface area contributed by atoms with Gasteiger partial charge in [-0.15, -0.1) is 0 Å². The number of ether oxygens (including phenoxy) is 1. The second-order valence-electron chi connectivity index (χ2n) is 7.54. The van der Waals surface area contributed by atoms with Gasteiger partial charge in [-0.05, 0) is 51.2 Å². The summed E-state index contributed by atoms with van der Waals surface area (Å²) in [7, 11) is 0. The van der Waals surface area contributed by atoms with E-state index in [0.717, 1.165) is 6.42 Å². The smallest absolute Gasteiger partial charge is 0.410 e. The molecule has 126 valence electrons. The highest BCUT2D eigenvalue weighted by molar-refractivity contribution is 5.91. The summed E-state index contributed by atoms with van der Waals surface area (Å²) >= 11 is 0. The van der Waals surface area contributed by atoms with Crippen molar-refractivity contribution in [2.24, 2.45) is 11.8 Å². The van der Waals surface area contributed by atoms with Crippen LogP contribution in [0.1, 0.15) is 37.7 Å². The third-order valence-electron chi connectivity index (χ3n) is 4.25. The van der Waals surface area contributed by atoms with Crippen LogP contribution in [0, 0.1) is 11.8 Å². The molecule has 1 aromatic rings. The summed E-state index contributed by atoms with van der Waals surface area (Å²) in [5.41, 5.74) is -0.481. The molecular weight excluding hydrogens is 296 g/mol. The molecule has 0 saturated carbocycles. The molecule has 2 atom stereocenters. The maximum atomic E-state index is 12.4. The van der Waals surface area contributed by atoms with Gasteiger partial charge in [0.25, 0.3) is 5.91 Å². The minimum atomic E-state index is -0.481. The Morgan fingerprint density at radius 2 is 1.74 bits per heavy atom. The third kappa shape index (κ3) is 3.68. The van der Waals surface area contributed by atoms with Crippen LogP contribution in [0.4, 0.5) is 4.79 Å². The molecule has 2 fully saturated rings. The lowest BCUT2D eigenvalue weighted by atomic mass is 9.84. The number of piperidine rings is 2. The summed E-state index contributed by atoms with van der Waals surface area (Å²) in [5, 5.41) is 0. The van der Waals surface area contributed by atoms with Gasteiger partial charge in [0.1, 0.15) is 5.60 Å². The Balaban J connectivity index is 1.62. The van der Waals surface area contributed by atoms with Gasteiger partial charge in [-0.2, -0.15) is 0 Å². The van der Waals surface area contributed by atoms with E-state index in [2.05, 4.69) is 0 Å². The topological polar surface area (TPSA) is 63.0 Å². The van der Waals surface area contributed by atoms with Crippen LogP contribution in [-0.4, -0.2) is 53.6 Å². The monoisotopic (exact) mass is 320 g/mol. The van der Waals surface area contributed by atoms with E-state index >= 15 is 0 Å². The third-order valence-corrected chi connectivity index (χ3v) is 4.25. The van der Waals surface area contributed by atoms with Gasteiger partial charge in [-0.3, -0.25) is 4.79 Å². The number of hydrogen-bond donors (Lipinski definition) is 0. The lowest BCUT2D eigenvalue weighted by molar-refractivity contribution is -0.00762. The molecule has 1 aromatic heterocycles. The van der Waals surface area contributed by atoms with Gasteiger partial charge < -0.3 is 19.0 Å². The van der Waals surface area contributed by atoms with E-state index in [0.29, 0.717) is 43.8 Å². The van der Waals surface area contributed by atoms with E-state index in [-0.39, 0.29) is 12.0 Å². The molecule has 3 rings (SSSR count). The highest BCUT2D eigenvalue weighted by Gasteiger charge is 2.39. The molecule has 2 bridgehead atoms. The lowest BCUT2D eigenvalue weighted by Crippen LogP contribution is -2.55. The SMILES string of the molecule is CC(C)(C)OC(=O)N1C[C@H]2C[C@@H](C1)CN(C(=O)c1ccco1)C2. The Morgan fingerprint density at radius 3 is 2.26 bits per heavy atom. The Bertz CT molecular complexity index is 562. The minimum absolute atomic E-state index is 0.0598. The zero-order valence-electron chi connectivity index (χ0n) is 13.9. The summed E-state index contributed by atoms with van der Waals surface area (Å²) in [6.07, 6.45) is 2.32. The van der Waals surface area contributed by atoms with Crippen LogP contribution < -0.4 is 0 Å². The average Bonchev–Trinajstić information content (AvgIpc) is 2.97. The molecule has 6 heteroatoms. The first-order valence-corrected chi connectivity index (χ1v) is 8.12. The predicted octanol–water partition coefficient (Wildman–Crippen LogP) is 2.61. The van der Waals surface area contributed by atoms with Gasteiger partial charge >= 0.3 is 6.09 Å². The summed E-state index contributed by atoms with van der Waals surface area (Å²) in [6, 6.07) is 3.42. The number of hydrogen-bond acceptors (Lipinski definition) is 4. The lowest BCUT2D eigenvalue weighted by Gasteiger charge is -2.45. The Morgan fingerprint density at radius 1 is 1.13 bits per heavy atom. The maximum absolute atomic E-state index is 12.4. The second-order valence-corrected chi connectivity index (χ2v) is 7.54. The normalized spacial score (nSPS) is 24.5. The van der Waals surface area contributed by atoms with E-state index in [1.807, 2.05) is 25.7 Å². The van der Waals surface area contributed by atoms with Crippen molar-refractivity contribution in [1.82, 2.24) is 9.80 Å². The number of rotatable bonds is 1. The first-order chi connectivity index (χ1) is 10.8. The number of amides is 2. The Kier molecular flexibility index (Phi) is 4.08. The van der Waals surface area contributed by atoms with Crippen LogP contribution in [0.3, 0.4) is 0 Å². The zero-order chi connectivity index (χ0) is 16.6. The minimum Gasteiger partial charge on any atom is -0.459 e. The molecule has 0 spiro atoms. The van der Waals surface area contributed by atoms with Crippen molar-refractivity contribution >= 4 is 12.0 Å². The predicted molar refractivity (Wildman–Crippen MR) is 84.0 cm³/mol. The van der Waals surface area contributed by atoms with Gasteiger partial charge in [0.15, 0.2) is 5.76 Å². The molecule has 0 aromatic carbocycles. The average molecular weight is 320 g/mol. The summed E-state index contributed by atoms with van der Waals surface area (Å²) in [5.74, 6) is 0.923. The van der Waals surface area contributed by atoms with Crippen LogP contribution in [0.2, 0.25) is 0 Å². The zero-order valence-corrected chi connectivity index (χ0v) is 13.9. The van der Waals surface area contributed by atoms with Crippen LogP contribution in [0.25, 0.3) is 0 Å². The molecule has 2 amide bonds. The molecular formula is C17H24N2O4. The van der Waals surface area contributed by atoms with E-state index in [1.54, 1.807) is 17.0 Å². The quantitative estimate of drug-likeness (QED) is 0.798. The van der Waals surface area contributed by atoms with Crippen molar-refractivity contribution in [3.63, 3.8) is 0 Å². The molecule has 6 nitrogen and oxygen atoms in total. The molecule has 2 aliphatic rings. The van der Waals surface area contributed by atoms with Crippen molar-refractivity contribution in [1.29, 1.82) is 0 Å². The summed E-state index contributed by atoms with van der Waals surface area (Å²) < 4.78 is 10.7. The first-order valence-electron chi connectivity index (χ1n) is 8.12. The van der Waals surface area contributed by atoms with Crippen molar-refractivity contribution in [3.8, 4) is 0 Å². The number of carbonyl (C=O) groups is 2. The summed E-state index contributed by atoms with van der Waals surface area (Å²) in [4.78, 5) is 28.3. The molecule has 0 aliphatic carbocycles. The molecule has 23 heavy (non-hydrogen) atoms. The van der Waals surface area contributed by atoms with Gasteiger partial charge in [-0.1, -0.05) is 0 Å². The highest BCUT2D eigenvalue weighted by atomic mass is 16.6. The fourth-order valence-corrected chi connectivity index (χ4v) is 3.48. The molecule has 2 saturated heterocycles. The molecule has 0 radical (unpaired) electrons. The fourth-order valence-electron chi connectivity index (χ4n) is 3.48. The Labute approximate surface area is 136 Å². The van der Waals surface area contributed by atoms with Crippen molar-refractivity contribution in [3.05, 3.63) is 24.2 Å². The van der Waals surface area contributed by atoms with Crippen LogP contribution >= 0.6 is 0 Å². The van der Waals surface area contributed by atoms with Crippen molar-refractivity contribution in [2.75, 3.05) is 26.2 Å². The van der Waals surface area contributed by atoms with Gasteiger partial charge in [-0.25, -0.2) is 4.79 Å². The van der Waals surface area contributed by atoms with E-state index in [4.69, 9.17) is 9.15 Å². The molecule has 2 aliphatic heterocycles. The van der Waals surface area contributed by atoms with Crippen molar-refractivity contribution in [2.45, 2.75) is 32.8 Å². The van der Waals surface area contributed by atoms with Crippen LogP contribution in [0.5, 0.6) is 0 Å². The fraction of sp³-hybridized carbons (Fsp3) is 0.647. The first kappa shape index (κ1) is 15.9.